The minimum absolute atomic E-state index is 0.0276. The number of nitrogens with one attached hydrogen (secondary N) is 1. The Morgan fingerprint density at radius 3 is 2.79 bits per heavy atom. The van der Waals surface area contributed by atoms with Gasteiger partial charge in [0.1, 0.15) is 5.75 Å². The fourth-order valence-electron chi connectivity index (χ4n) is 2.22. The third kappa shape index (κ3) is 2.76. The number of hydrogen-bond donors (Lipinski definition) is 1. The van der Waals surface area contributed by atoms with E-state index in [1.54, 1.807) is 18.0 Å². The van der Waals surface area contributed by atoms with Gasteiger partial charge in [0.05, 0.1) is 25.0 Å². The Kier molecular flexibility index (Phi) is 4.16. The molecule has 0 bridgehead atoms. The molecular formula is C14H20N4O. The molecule has 1 heterocycles. The second kappa shape index (κ2) is 5.84. The first kappa shape index (κ1) is 13.5. The van der Waals surface area contributed by atoms with Gasteiger partial charge in [-0.15, -0.1) is 5.10 Å². The fraction of sp³-hybridized carbons (Fsp3) is 0.429. The van der Waals surface area contributed by atoms with E-state index in [0.29, 0.717) is 0 Å². The number of benzene rings is 1. The summed E-state index contributed by atoms with van der Waals surface area (Å²) in [6.07, 6.45) is 1.79. The zero-order chi connectivity index (χ0) is 13.8. The van der Waals surface area contributed by atoms with Crippen molar-refractivity contribution in [2.45, 2.75) is 19.9 Å². The summed E-state index contributed by atoms with van der Waals surface area (Å²) >= 11 is 0. The summed E-state index contributed by atoms with van der Waals surface area (Å²) < 4.78 is 7.26. The van der Waals surface area contributed by atoms with Crippen LogP contribution in [0.2, 0.25) is 0 Å². The van der Waals surface area contributed by atoms with Crippen LogP contribution in [0.15, 0.2) is 24.4 Å². The highest BCUT2D eigenvalue weighted by Gasteiger charge is 2.20. The van der Waals surface area contributed by atoms with E-state index < -0.39 is 0 Å². The lowest BCUT2D eigenvalue weighted by Crippen LogP contribution is -2.24. The van der Waals surface area contributed by atoms with Crippen molar-refractivity contribution in [3.63, 3.8) is 0 Å². The van der Waals surface area contributed by atoms with Crippen molar-refractivity contribution in [3.05, 3.63) is 41.2 Å². The lowest BCUT2D eigenvalue weighted by Gasteiger charge is -2.21. The maximum atomic E-state index is 5.48. The van der Waals surface area contributed by atoms with E-state index >= 15 is 0 Å². The molecule has 1 N–H and O–H groups in total. The van der Waals surface area contributed by atoms with Crippen molar-refractivity contribution in [3.8, 4) is 5.75 Å². The highest BCUT2D eigenvalue weighted by Crippen LogP contribution is 2.30. The van der Waals surface area contributed by atoms with Crippen molar-refractivity contribution in [2.75, 3.05) is 13.7 Å². The first-order chi connectivity index (χ1) is 9.17. The van der Waals surface area contributed by atoms with E-state index in [2.05, 4.69) is 35.5 Å². The Morgan fingerprint density at radius 1 is 1.42 bits per heavy atom. The van der Waals surface area contributed by atoms with Gasteiger partial charge in [-0.3, -0.25) is 4.68 Å². The molecule has 0 fully saturated rings. The van der Waals surface area contributed by atoms with Crippen LogP contribution in [0, 0.1) is 6.92 Å². The molecule has 1 aromatic carbocycles. The average molecular weight is 260 g/mol. The van der Waals surface area contributed by atoms with Crippen LogP contribution in [0.5, 0.6) is 5.75 Å². The highest BCUT2D eigenvalue weighted by molar-refractivity contribution is 5.42. The van der Waals surface area contributed by atoms with E-state index in [0.717, 1.165) is 23.6 Å². The summed E-state index contributed by atoms with van der Waals surface area (Å²) in [6, 6.07) is 6.21. The topological polar surface area (TPSA) is 52.0 Å². The van der Waals surface area contributed by atoms with Crippen LogP contribution < -0.4 is 10.1 Å². The predicted molar refractivity (Wildman–Crippen MR) is 74.3 cm³/mol. The van der Waals surface area contributed by atoms with Crippen molar-refractivity contribution < 1.29 is 4.74 Å². The van der Waals surface area contributed by atoms with E-state index in [1.807, 2.05) is 19.2 Å². The molecule has 0 aliphatic rings. The monoisotopic (exact) mass is 260 g/mol. The molecule has 19 heavy (non-hydrogen) atoms. The Labute approximate surface area is 113 Å². The SMILES string of the molecule is CCNC(c1cc(C)ccc1OC)c1cnnn1C. The van der Waals surface area contributed by atoms with Gasteiger partial charge in [-0.05, 0) is 19.5 Å². The van der Waals surface area contributed by atoms with Crippen LogP contribution in [-0.2, 0) is 7.05 Å². The average Bonchev–Trinajstić information content (AvgIpc) is 2.82. The number of ether oxygens (including phenoxy) is 1. The van der Waals surface area contributed by atoms with Gasteiger partial charge in [-0.1, -0.05) is 29.8 Å². The Morgan fingerprint density at radius 2 is 2.21 bits per heavy atom. The third-order valence-corrected chi connectivity index (χ3v) is 3.15. The van der Waals surface area contributed by atoms with E-state index in [9.17, 15) is 0 Å². The fourth-order valence-corrected chi connectivity index (χ4v) is 2.22. The van der Waals surface area contributed by atoms with Crippen molar-refractivity contribution >= 4 is 0 Å². The van der Waals surface area contributed by atoms with Gasteiger partial charge in [-0.25, -0.2) is 0 Å². The van der Waals surface area contributed by atoms with E-state index in [-0.39, 0.29) is 6.04 Å². The lowest BCUT2D eigenvalue weighted by atomic mass is 10.0. The van der Waals surface area contributed by atoms with Crippen LogP contribution in [-0.4, -0.2) is 28.6 Å². The first-order valence-electron chi connectivity index (χ1n) is 6.39. The summed E-state index contributed by atoms with van der Waals surface area (Å²) in [5.41, 5.74) is 3.33. The van der Waals surface area contributed by atoms with Crippen molar-refractivity contribution in [1.82, 2.24) is 20.3 Å². The number of nitrogens with zero attached hydrogens (tertiary/aromatic N) is 3. The number of methoxy groups -OCH3 is 1. The molecule has 2 aromatic rings. The van der Waals surface area contributed by atoms with Crippen molar-refractivity contribution in [2.24, 2.45) is 7.05 Å². The van der Waals surface area contributed by atoms with Crippen molar-refractivity contribution in [1.29, 1.82) is 0 Å². The Hall–Kier alpha value is -1.88. The van der Waals surface area contributed by atoms with Crippen LogP contribution >= 0.6 is 0 Å². The summed E-state index contributed by atoms with van der Waals surface area (Å²) in [5, 5.41) is 11.4. The molecule has 102 valence electrons. The van der Waals surface area contributed by atoms with Gasteiger partial charge in [0.2, 0.25) is 0 Å². The molecule has 0 aliphatic carbocycles. The molecule has 1 unspecified atom stereocenters. The Balaban J connectivity index is 2.50. The van der Waals surface area contributed by atoms with Gasteiger partial charge >= 0.3 is 0 Å². The zero-order valence-electron chi connectivity index (χ0n) is 11.8. The van der Waals surface area contributed by atoms with Gasteiger partial charge in [0.25, 0.3) is 0 Å². The maximum Gasteiger partial charge on any atom is 0.124 e. The van der Waals surface area contributed by atoms with Crippen LogP contribution in [0.4, 0.5) is 0 Å². The first-order valence-corrected chi connectivity index (χ1v) is 6.39. The summed E-state index contributed by atoms with van der Waals surface area (Å²) in [4.78, 5) is 0. The zero-order valence-corrected chi connectivity index (χ0v) is 11.8. The molecule has 1 aromatic heterocycles. The number of aryl methyl sites for hydroxylation is 2. The van der Waals surface area contributed by atoms with Crippen LogP contribution in [0.3, 0.4) is 0 Å². The minimum atomic E-state index is 0.0276. The highest BCUT2D eigenvalue weighted by atomic mass is 16.5. The van der Waals surface area contributed by atoms with E-state index in [4.69, 9.17) is 4.74 Å². The molecule has 5 heteroatoms. The molecular weight excluding hydrogens is 240 g/mol. The number of hydrogen-bond acceptors (Lipinski definition) is 4. The molecule has 0 amide bonds. The van der Waals surface area contributed by atoms with Crippen LogP contribution in [0.25, 0.3) is 0 Å². The second-order valence-electron chi connectivity index (χ2n) is 4.52. The third-order valence-electron chi connectivity index (χ3n) is 3.15. The van der Waals surface area contributed by atoms with Gasteiger partial charge in [0.15, 0.2) is 0 Å². The Bertz CT molecular complexity index is 550. The molecule has 0 aliphatic heterocycles. The van der Waals surface area contributed by atoms with E-state index in [1.165, 1.54) is 5.56 Å². The van der Waals surface area contributed by atoms with Gasteiger partial charge in [0, 0.05) is 12.6 Å². The van der Waals surface area contributed by atoms with Crippen LogP contribution in [0.1, 0.15) is 29.8 Å². The second-order valence-corrected chi connectivity index (χ2v) is 4.52. The van der Waals surface area contributed by atoms with Gasteiger partial charge < -0.3 is 10.1 Å². The maximum absolute atomic E-state index is 5.48. The number of rotatable bonds is 5. The molecule has 1 atom stereocenters. The lowest BCUT2D eigenvalue weighted by molar-refractivity contribution is 0.402. The molecule has 0 saturated carbocycles. The minimum Gasteiger partial charge on any atom is -0.496 e. The standard InChI is InChI=1S/C14H20N4O/c1-5-15-14(12-9-16-17-18(12)3)11-8-10(2)6-7-13(11)19-4/h6-9,14-15H,5H2,1-4H3. The molecule has 0 spiro atoms. The smallest absolute Gasteiger partial charge is 0.124 e. The quantitative estimate of drug-likeness (QED) is 0.891. The summed E-state index contributed by atoms with van der Waals surface area (Å²) in [7, 11) is 3.59. The summed E-state index contributed by atoms with van der Waals surface area (Å²) in [6.45, 7) is 5.01. The largest absolute Gasteiger partial charge is 0.496 e. The summed E-state index contributed by atoms with van der Waals surface area (Å²) in [5.74, 6) is 0.873. The molecule has 5 nitrogen and oxygen atoms in total. The molecule has 2 rings (SSSR count). The molecule has 0 radical (unpaired) electrons. The normalized spacial score (nSPS) is 12.4. The molecule has 0 saturated heterocycles. The van der Waals surface area contributed by atoms with Gasteiger partial charge in [-0.2, -0.15) is 0 Å². The predicted octanol–water partition coefficient (Wildman–Crippen LogP) is 1.83. The number of aromatic nitrogens is 3.